The number of aromatic nitrogens is 1. The number of carbonyl (C=O) groups excluding carboxylic acids is 2. The molecule has 0 radical (unpaired) electrons. The number of nitrogens with one attached hydrogen (secondary N) is 2. The number of hydrogen-bond donors (Lipinski definition) is 4. The van der Waals surface area contributed by atoms with Gasteiger partial charge in [-0.15, -0.1) is 0 Å². The molecule has 1 amide bonds. The van der Waals surface area contributed by atoms with Gasteiger partial charge in [-0.2, -0.15) is 0 Å². The fourth-order valence-corrected chi connectivity index (χ4v) is 8.47. The van der Waals surface area contributed by atoms with Crippen molar-refractivity contribution in [3.8, 4) is 11.5 Å². The number of aromatic hydroxyl groups is 1. The first-order chi connectivity index (χ1) is 26.7. The number of aliphatic hydroxyl groups excluding tert-OH is 1. The fourth-order valence-electron chi connectivity index (χ4n) is 8.47. The van der Waals surface area contributed by atoms with Gasteiger partial charge in [0.1, 0.15) is 11.9 Å². The molecule has 0 saturated carbocycles. The van der Waals surface area contributed by atoms with Crippen LogP contribution in [0.25, 0.3) is 10.9 Å². The second kappa shape index (κ2) is 17.3. The molecular formula is C43H51FN4O7. The van der Waals surface area contributed by atoms with Gasteiger partial charge in [-0.25, -0.2) is 4.39 Å². The van der Waals surface area contributed by atoms with E-state index in [1.165, 1.54) is 18.2 Å². The van der Waals surface area contributed by atoms with Crippen molar-refractivity contribution in [1.82, 2.24) is 20.1 Å². The van der Waals surface area contributed by atoms with Crippen LogP contribution in [0.1, 0.15) is 67.7 Å². The number of unbranched alkanes of at least 4 members (excludes halogenated alkanes) is 2. The molecule has 12 heteroatoms. The number of rotatable bonds is 15. The number of nitrogens with zero attached hydrogens (tertiary/aromatic N) is 2. The highest BCUT2D eigenvalue weighted by atomic mass is 19.1. The van der Waals surface area contributed by atoms with E-state index in [-0.39, 0.29) is 41.5 Å². The van der Waals surface area contributed by atoms with Gasteiger partial charge in [0, 0.05) is 37.6 Å². The van der Waals surface area contributed by atoms with Crippen LogP contribution < -0.4 is 15.6 Å². The Balaban J connectivity index is 0.831. The minimum absolute atomic E-state index is 0.0512. The van der Waals surface area contributed by atoms with Crippen molar-refractivity contribution in [3.63, 3.8) is 0 Å². The quantitative estimate of drug-likeness (QED) is 0.0976. The normalized spacial score (nSPS) is 21.0. The predicted octanol–water partition coefficient (Wildman–Crippen LogP) is 4.99. The van der Waals surface area contributed by atoms with Gasteiger partial charge in [0.25, 0.3) is 0 Å². The second-order valence-corrected chi connectivity index (χ2v) is 15.3. The molecule has 11 nitrogen and oxygen atoms in total. The lowest BCUT2D eigenvalue weighted by molar-refractivity contribution is -0.168. The summed E-state index contributed by atoms with van der Waals surface area (Å²) in [6.07, 6.45) is 4.61. The Morgan fingerprint density at radius 3 is 2.47 bits per heavy atom. The summed E-state index contributed by atoms with van der Waals surface area (Å²) in [6, 6.07) is 20.5. The average Bonchev–Trinajstić information content (AvgIpc) is 3.20. The van der Waals surface area contributed by atoms with Crippen LogP contribution in [0.2, 0.25) is 0 Å². The molecule has 4 N–H and O–H groups in total. The highest BCUT2D eigenvalue weighted by molar-refractivity contribution is 5.87. The first kappa shape index (κ1) is 38.5. The molecule has 4 aliphatic heterocycles. The van der Waals surface area contributed by atoms with E-state index >= 15 is 4.39 Å². The zero-order valence-corrected chi connectivity index (χ0v) is 31.2. The topological polar surface area (TPSA) is 144 Å². The molecule has 8 rings (SSSR count). The van der Waals surface area contributed by atoms with Crippen LogP contribution in [0.3, 0.4) is 0 Å². The van der Waals surface area contributed by atoms with Gasteiger partial charge in [-0.05, 0) is 111 Å². The molecule has 2 atom stereocenters. The standard InChI is InChI=1S/C43H51FN4O7/c44-34-25-29(9-13-37(34)54-24-6-2-5-19-45-27-36(50)32-10-12-35(49)41-33(32)11-14-39(51)46-41)26-40(52)48-22-17-43(18-23-48,31-7-3-1-4-8-31)42(53)55-38-28-47-20-15-30(38)16-21-47/h1,3-4,7-14,25,30,36,38,45,49-50H,2,5-6,15-24,26-28H2,(H,46,51). The summed E-state index contributed by atoms with van der Waals surface area (Å²) in [6.45, 7) is 5.09. The lowest BCUT2D eigenvalue weighted by atomic mass is 9.72. The largest absolute Gasteiger partial charge is 0.506 e. The average molecular weight is 755 g/mol. The summed E-state index contributed by atoms with van der Waals surface area (Å²) in [5.41, 5.74) is 1.27. The molecule has 3 aromatic carbocycles. The van der Waals surface area contributed by atoms with Crippen LogP contribution >= 0.6 is 0 Å². The zero-order valence-electron chi connectivity index (χ0n) is 31.2. The minimum Gasteiger partial charge on any atom is -0.506 e. The number of carbonyl (C=O) groups is 2. The Bertz CT molecular complexity index is 2010. The molecule has 4 fully saturated rings. The molecule has 5 heterocycles. The van der Waals surface area contributed by atoms with Crippen LogP contribution in [0.4, 0.5) is 4.39 Å². The number of fused-ring (bicyclic) bond motifs is 4. The smallest absolute Gasteiger partial charge is 0.317 e. The minimum atomic E-state index is -0.826. The first-order valence-electron chi connectivity index (χ1n) is 19.6. The third-order valence-corrected chi connectivity index (χ3v) is 11.8. The lowest BCUT2D eigenvalue weighted by Gasteiger charge is -2.46. The number of H-pyrrole nitrogens is 1. The number of esters is 1. The Hall–Kier alpha value is -4.78. The molecule has 0 aliphatic carbocycles. The first-order valence-corrected chi connectivity index (χ1v) is 19.6. The van der Waals surface area contributed by atoms with Gasteiger partial charge in [0.15, 0.2) is 11.6 Å². The van der Waals surface area contributed by atoms with Crippen molar-refractivity contribution in [3.05, 3.63) is 106 Å². The number of pyridine rings is 1. The molecule has 292 valence electrons. The molecular weight excluding hydrogens is 703 g/mol. The van der Waals surface area contributed by atoms with Crippen molar-refractivity contribution < 1.29 is 33.7 Å². The van der Waals surface area contributed by atoms with Crippen molar-refractivity contribution in [2.75, 3.05) is 52.4 Å². The SMILES string of the molecule is O=C(Cc1ccc(OCCCCCNCC(O)c2ccc(O)c3[nH]c(=O)ccc23)c(F)c1)N1CCC(C(=O)OC2CN3CCC2CC3)(c2ccccc2)CC1. The molecule has 2 bridgehead atoms. The van der Waals surface area contributed by atoms with E-state index in [0.29, 0.717) is 80.0 Å². The van der Waals surface area contributed by atoms with Crippen LogP contribution in [0.5, 0.6) is 11.5 Å². The summed E-state index contributed by atoms with van der Waals surface area (Å²) in [5.74, 6) is -0.287. The van der Waals surface area contributed by atoms with E-state index in [4.69, 9.17) is 9.47 Å². The van der Waals surface area contributed by atoms with Gasteiger partial charge in [0.2, 0.25) is 11.5 Å². The highest BCUT2D eigenvalue weighted by Gasteiger charge is 2.47. The Morgan fingerprint density at radius 1 is 0.964 bits per heavy atom. The zero-order chi connectivity index (χ0) is 38.4. The maximum absolute atomic E-state index is 15.0. The number of ether oxygens (including phenoxy) is 2. The Morgan fingerprint density at radius 2 is 1.75 bits per heavy atom. The predicted molar refractivity (Wildman–Crippen MR) is 206 cm³/mol. The highest BCUT2D eigenvalue weighted by Crippen LogP contribution is 2.39. The Labute approximate surface area is 320 Å². The van der Waals surface area contributed by atoms with E-state index in [0.717, 1.165) is 50.9 Å². The van der Waals surface area contributed by atoms with Crippen LogP contribution in [0.15, 0.2) is 77.6 Å². The third-order valence-electron chi connectivity index (χ3n) is 11.8. The number of likely N-dealkylation sites (tertiary alicyclic amines) is 1. The van der Waals surface area contributed by atoms with Gasteiger partial charge in [-0.1, -0.05) is 42.5 Å². The van der Waals surface area contributed by atoms with Crippen LogP contribution in [-0.4, -0.2) is 95.4 Å². The van der Waals surface area contributed by atoms with Gasteiger partial charge >= 0.3 is 5.97 Å². The van der Waals surface area contributed by atoms with Gasteiger partial charge < -0.3 is 34.9 Å². The van der Waals surface area contributed by atoms with Crippen molar-refractivity contribution >= 4 is 22.8 Å². The molecule has 0 spiro atoms. The van der Waals surface area contributed by atoms with E-state index in [1.807, 2.05) is 30.3 Å². The van der Waals surface area contributed by atoms with Crippen LogP contribution in [-0.2, 0) is 26.2 Å². The monoisotopic (exact) mass is 754 g/mol. The number of aliphatic hydroxyl groups is 1. The van der Waals surface area contributed by atoms with Crippen molar-refractivity contribution in [1.29, 1.82) is 0 Å². The summed E-state index contributed by atoms with van der Waals surface area (Å²) >= 11 is 0. The fraction of sp³-hybridized carbons (Fsp3) is 0.465. The number of phenolic OH excluding ortho intramolecular Hbond substituents is 1. The number of piperidine rings is 4. The van der Waals surface area contributed by atoms with Crippen molar-refractivity contribution in [2.45, 2.75) is 69.0 Å². The summed E-state index contributed by atoms with van der Waals surface area (Å²) < 4.78 is 27.0. The number of phenols is 1. The van der Waals surface area contributed by atoms with E-state index < -0.39 is 17.3 Å². The van der Waals surface area contributed by atoms with E-state index in [9.17, 15) is 24.6 Å². The number of aromatic amines is 1. The molecule has 4 aliphatic rings. The third kappa shape index (κ3) is 8.87. The summed E-state index contributed by atoms with van der Waals surface area (Å²) in [5, 5.41) is 24.6. The second-order valence-electron chi connectivity index (χ2n) is 15.3. The molecule has 55 heavy (non-hydrogen) atoms. The van der Waals surface area contributed by atoms with Gasteiger partial charge in [0.05, 0.1) is 30.1 Å². The Kier molecular flexibility index (Phi) is 12.1. The number of halogens is 1. The molecule has 4 aromatic rings. The maximum atomic E-state index is 15.0. The lowest BCUT2D eigenvalue weighted by Crippen LogP contribution is -2.55. The van der Waals surface area contributed by atoms with Gasteiger partial charge in [-0.3, -0.25) is 19.3 Å². The van der Waals surface area contributed by atoms with E-state index in [2.05, 4.69) is 15.2 Å². The number of hydrogen-bond acceptors (Lipinski definition) is 9. The summed E-state index contributed by atoms with van der Waals surface area (Å²) in [7, 11) is 0. The number of benzene rings is 3. The molecule has 2 unspecified atom stereocenters. The van der Waals surface area contributed by atoms with E-state index in [1.54, 1.807) is 29.2 Å². The number of amides is 1. The van der Waals surface area contributed by atoms with Crippen LogP contribution in [0, 0.1) is 11.7 Å². The van der Waals surface area contributed by atoms with Crippen molar-refractivity contribution in [2.24, 2.45) is 5.92 Å². The summed E-state index contributed by atoms with van der Waals surface area (Å²) in [4.78, 5) is 45.8. The molecule has 4 saturated heterocycles. The molecule has 1 aromatic heterocycles. The maximum Gasteiger partial charge on any atom is 0.317 e.